The van der Waals surface area contributed by atoms with Crippen LogP contribution in [0.15, 0.2) is 11.6 Å². The predicted octanol–water partition coefficient (Wildman–Crippen LogP) is 3.74. The zero-order chi connectivity index (χ0) is 11.9. The molecule has 2 N–H and O–H groups in total. The maximum Gasteiger partial charge on any atom is 0.0164 e. The molecule has 1 heteroatoms. The Hall–Kier alpha value is -0.300. The molecule has 0 aromatic heterocycles. The lowest BCUT2D eigenvalue weighted by molar-refractivity contribution is 0.0629. The highest BCUT2D eigenvalue weighted by Crippen LogP contribution is 2.52. The third kappa shape index (κ3) is 1.73. The highest BCUT2D eigenvalue weighted by Gasteiger charge is 2.48. The number of allylic oxidation sites excluding steroid dienone is 1. The van der Waals surface area contributed by atoms with Gasteiger partial charge in [0.1, 0.15) is 0 Å². The van der Waals surface area contributed by atoms with E-state index in [4.69, 9.17) is 5.73 Å². The second-order valence-electron chi connectivity index (χ2n) is 6.52. The fourth-order valence-electron chi connectivity index (χ4n) is 4.03. The van der Waals surface area contributed by atoms with Crippen LogP contribution in [0.5, 0.6) is 0 Å². The van der Waals surface area contributed by atoms with Crippen molar-refractivity contribution in [3.63, 3.8) is 0 Å². The Morgan fingerprint density at radius 3 is 2.56 bits per heavy atom. The van der Waals surface area contributed by atoms with Crippen LogP contribution in [-0.4, -0.2) is 6.04 Å². The largest absolute Gasteiger partial charge is 0.327 e. The Morgan fingerprint density at radius 2 is 2.06 bits per heavy atom. The lowest BCUT2D eigenvalue weighted by atomic mass is 9.58. The fraction of sp³-hybridized carbons (Fsp3) is 0.867. The quantitative estimate of drug-likeness (QED) is 0.671. The number of hydrogen-bond donors (Lipinski definition) is 1. The summed E-state index contributed by atoms with van der Waals surface area (Å²) in [6, 6.07) is 0.383. The summed E-state index contributed by atoms with van der Waals surface area (Å²) in [5, 5.41) is 0. The van der Waals surface area contributed by atoms with Gasteiger partial charge in [-0.15, -0.1) is 0 Å². The van der Waals surface area contributed by atoms with Gasteiger partial charge in [-0.25, -0.2) is 0 Å². The van der Waals surface area contributed by atoms with Crippen LogP contribution in [0, 0.1) is 23.2 Å². The van der Waals surface area contributed by atoms with Crippen molar-refractivity contribution in [2.75, 3.05) is 0 Å². The molecule has 2 aliphatic carbocycles. The summed E-state index contributed by atoms with van der Waals surface area (Å²) >= 11 is 0. The van der Waals surface area contributed by atoms with Crippen molar-refractivity contribution in [3.05, 3.63) is 11.6 Å². The van der Waals surface area contributed by atoms with Crippen molar-refractivity contribution in [1.82, 2.24) is 0 Å². The van der Waals surface area contributed by atoms with E-state index in [-0.39, 0.29) is 0 Å². The molecule has 1 spiro atoms. The topological polar surface area (TPSA) is 26.0 Å². The number of nitrogens with two attached hydrogens (primary N) is 1. The molecule has 0 aromatic rings. The molecule has 4 atom stereocenters. The molecule has 2 rings (SSSR count). The van der Waals surface area contributed by atoms with Crippen LogP contribution < -0.4 is 5.73 Å². The van der Waals surface area contributed by atoms with E-state index in [1.165, 1.54) is 25.7 Å². The molecule has 92 valence electrons. The van der Waals surface area contributed by atoms with Crippen LogP contribution in [0.25, 0.3) is 0 Å². The first-order valence-corrected chi connectivity index (χ1v) is 6.91. The SMILES string of the molecule is CC1=C[C@@]2(CC1)[C@H](N)[C@H](C(C)C)CC[C@@H]2C. The molecule has 0 aliphatic heterocycles. The average Bonchev–Trinajstić information content (AvgIpc) is 2.59. The van der Waals surface area contributed by atoms with Crippen molar-refractivity contribution in [2.45, 2.75) is 59.4 Å². The van der Waals surface area contributed by atoms with Gasteiger partial charge in [0.05, 0.1) is 0 Å². The minimum absolute atomic E-state index is 0.331. The Kier molecular flexibility index (Phi) is 3.18. The van der Waals surface area contributed by atoms with Gasteiger partial charge in [-0.2, -0.15) is 0 Å². The standard InChI is InChI=1S/C15H27N/c1-10(2)13-6-5-12(4)15(14(13)16)8-7-11(3)9-15/h9-10,12-14H,5-8,16H2,1-4H3/t12-,13-,14+,15+/m0/s1. The summed E-state index contributed by atoms with van der Waals surface area (Å²) in [7, 11) is 0. The van der Waals surface area contributed by atoms with Crippen molar-refractivity contribution >= 4 is 0 Å². The molecule has 1 nitrogen and oxygen atoms in total. The normalized spacial score (nSPS) is 44.1. The third-order valence-corrected chi connectivity index (χ3v) is 5.26. The summed E-state index contributed by atoms with van der Waals surface area (Å²) in [4.78, 5) is 0. The van der Waals surface area contributed by atoms with E-state index in [2.05, 4.69) is 33.8 Å². The monoisotopic (exact) mass is 221 g/mol. The molecule has 0 radical (unpaired) electrons. The molecular formula is C15H27N. The number of hydrogen-bond acceptors (Lipinski definition) is 1. The molecule has 2 aliphatic rings. The van der Waals surface area contributed by atoms with Crippen molar-refractivity contribution in [2.24, 2.45) is 28.9 Å². The van der Waals surface area contributed by atoms with E-state index in [1.807, 2.05) is 0 Å². The molecule has 0 saturated heterocycles. The van der Waals surface area contributed by atoms with Gasteiger partial charge in [0.2, 0.25) is 0 Å². The lowest BCUT2D eigenvalue weighted by Gasteiger charge is -2.49. The highest BCUT2D eigenvalue weighted by molar-refractivity contribution is 5.21. The van der Waals surface area contributed by atoms with E-state index >= 15 is 0 Å². The average molecular weight is 221 g/mol. The van der Waals surface area contributed by atoms with E-state index in [0.29, 0.717) is 11.5 Å². The van der Waals surface area contributed by atoms with Crippen LogP contribution >= 0.6 is 0 Å². The zero-order valence-corrected chi connectivity index (χ0v) is 11.3. The zero-order valence-electron chi connectivity index (χ0n) is 11.3. The minimum atomic E-state index is 0.331. The van der Waals surface area contributed by atoms with Crippen LogP contribution in [0.3, 0.4) is 0 Å². The highest BCUT2D eigenvalue weighted by atomic mass is 14.8. The van der Waals surface area contributed by atoms with Crippen LogP contribution in [-0.2, 0) is 0 Å². The smallest absolute Gasteiger partial charge is 0.0164 e. The molecule has 0 heterocycles. The van der Waals surface area contributed by atoms with E-state index in [0.717, 1.165) is 17.8 Å². The first-order valence-electron chi connectivity index (χ1n) is 6.91. The molecule has 0 aromatic carbocycles. The summed E-state index contributed by atoms with van der Waals surface area (Å²) in [5.41, 5.74) is 8.52. The van der Waals surface area contributed by atoms with Gasteiger partial charge in [-0.1, -0.05) is 32.4 Å². The van der Waals surface area contributed by atoms with E-state index < -0.39 is 0 Å². The van der Waals surface area contributed by atoms with Crippen molar-refractivity contribution in [1.29, 1.82) is 0 Å². The molecular weight excluding hydrogens is 194 g/mol. The Labute approximate surface area is 100 Å². The van der Waals surface area contributed by atoms with Gasteiger partial charge in [0.25, 0.3) is 0 Å². The minimum Gasteiger partial charge on any atom is -0.327 e. The van der Waals surface area contributed by atoms with Crippen LogP contribution in [0.2, 0.25) is 0 Å². The fourth-order valence-corrected chi connectivity index (χ4v) is 4.03. The van der Waals surface area contributed by atoms with Gasteiger partial charge in [0, 0.05) is 11.5 Å². The first-order chi connectivity index (χ1) is 7.47. The van der Waals surface area contributed by atoms with Gasteiger partial charge in [-0.3, -0.25) is 0 Å². The van der Waals surface area contributed by atoms with Crippen molar-refractivity contribution < 1.29 is 0 Å². The second-order valence-corrected chi connectivity index (χ2v) is 6.52. The first kappa shape index (κ1) is 12.2. The molecule has 16 heavy (non-hydrogen) atoms. The Morgan fingerprint density at radius 1 is 1.38 bits per heavy atom. The molecule has 0 bridgehead atoms. The third-order valence-electron chi connectivity index (χ3n) is 5.26. The second kappa shape index (κ2) is 4.18. The summed E-state index contributed by atoms with van der Waals surface area (Å²) in [6.07, 6.45) is 7.78. The Balaban J connectivity index is 2.28. The van der Waals surface area contributed by atoms with Gasteiger partial charge in [-0.05, 0) is 50.4 Å². The maximum absolute atomic E-state index is 6.63. The molecule has 0 amide bonds. The van der Waals surface area contributed by atoms with E-state index in [1.54, 1.807) is 5.57 Å². The Bertz CT molecular complexity index is 292. The summed E-state index contributed by atoms with van der Waals surface area (Å²) < 4.78 is 0. The molecule has 1 saturated carbocycles. The van der Waals surface area contributed by atoms with Gasteiger partial charge in [0.15, 0.2) is 0 Å². The predicted molar refractivity (Wildman–Crippen MR) is 70.1 cm³/mol. The lowest BCUT2D eigenvalue weighted by Crippen LogP contribution is -2.53. The van der Waals surface area contributed by atoms with Crippen LogP contribution in [0.4, 0.5) is 0 Å². The number of rotatable bonds is 1. The summed E-state index contributed by atoms with van der Waals surface area (Å²) in [6.45, 7) is 9.35. The van der Waals surface area contributed by atoms with Gasteiger partial charge >= 0.3 is 0 Å². The molecule has 0 unspecified atom stereocenters. The van der Waals surface area contributed by atoms with Gasteiger partial charge < -0.3 is 5.73 Å². The van der Waals surface area contributed by atoms with Crippen molar-refractivity contribution in [3.8, 4) is 0 Å². The maximum atomic E-state index is 6.63. The summed E-state index contributed by atoms with van der Waals surface area (Å²) in [5.74, 6) is 2.22. The van der Waals surface area contributed by atoms with Crippen LogP contribution in [0.1, 0.15) is 53.4 Å². The van der Waals surface area contributed by atoms with E-state index in [9.17, 15) is 0 Å². The molecule has 1 fully saturated rings.